The topological polar surface area (TPSA) is 78.9 Å². The van der Waals surface area contributed by atoms with Gasteiger partial charge in [-0.05, 0) is 96.3 Å². The third-order valence-electron chi connectivity index (χ3n) is 16.3. The van der Waals surface area contributed by atoms with Crippen LogP contribution in [0.2, 0.25) is 0 Å². The van der Waals surface area contributed by atoms with Gasteiger partial charge in [-0.3, -0.25) is 14.4 Å². The highest BCUT2D eigenvalue weighted by molar-refractivity contribution is 5.71. The fourth-order valence-corrected chi connectivity index (χ4v) is 10.8. The second-order valence-corrected chi connectivity index (χ2v) is 24.5. The van der Waals surface area contributed by atoms with Crippen molar-refractivity contribution in [3.05, 3.63) is 48.6 Å². The number of carbonyl (C=O) groups excluding carboxylic acids is 3. The third kappa shape index (κ3) is 68.0. The quantitative estimate of drug-likeness (QED) is 0.0261. The first-order chi connectivity index (χ1) is 40.0. The lowest BCUT2D eigenvalue weighted by atomic mass is 10.0. The molecule has 0 radical (unpaired) electrons. The maximum Gasteiger partial charge on any atom is 0.306 e. The maximum atomic E-state index is 12.9. The molecule has 0 heterocycles. The molecule has 0 fully saturated rings. The molecule has 81 heavy (non-hydrogen) atoms. The van der Waals surface area contributed by atoms with Crippen molar-refractivity contribution in [3.8, 4) is 0 Å². The van der Waals surface area contributed by atoms with Crippen LogP contribution in [0.5, 0.6) is 0 Å². The van der Waals surface area contributed by atoms with Crippen molar-refractivity contribution in [2.24, 2.45) is 0 Å². The molecular formula is C75H138O6. The molecule has 0 spiro atoms. The Morgan fingerprint density at radius 1 is 0.247 bits per heavy atom. The zero-order valence-electron chi connectivity index (χ0n) is 54.6. The van der Waals surface area contributed by atoms with Gasteiger partial charge in [0.25, 0.3) is 0 Å². The van der Waals surface area contributed by atoms with E-state index in [1.165, 1.54) is 283 Å². The Bertz CT molecular complexity index is 1400. The summed E-state index contributed by atoms with van der Waals surface area (Å²) in [5, 5.41) is 0. The molecule has 1 unspecified atom stereocenters. The minimum atomic E-state index is -0.778. The Labute approximate surface area is 505 Å². The molecule has 6 heteroatoms. The molecule has 474 valence electrons. The molecule has 0 aromatic heterocycles. The van der Waals surface area contributed by atoms with Crippen molar-refractivity contribution in [2.75, 3.05) is 13.2 Å². The number of hydrogen-bond acceptors (Lipinski definition) is 6. The number of rotatable bonds is 67. The van der Waals surface area contributed by atoms with Gasteiger partial charge >= 0.3 is 17.9 Å². The van der Waals surface area contributed by atoms with Crippen molar-refractivity contribution in [1.82, 2.24) is 0 Å². The Morgan fingerprint density at radius 2 is 0.457 bits per heavy atom. The average molecular weight is 1140 g/mol. The van der Waals surface area contributed by atoms with Crippen molar-refractivity contribution in [1.29, 1.82) is 0 Å². The number of esters is 3. The highest BCUT2D eigenvalue weighted by atomic mass is 16.6. The van der Waals surface area contributed by atoms with Gasteiger partial charge in [0, 0.05) is 19.3 Å². The van der Waals surface area contributed by atoms with E-state index < -0.39 is 6.10 Å². The summed E-state index contributed by atoms with van der Waals surface area (Å²) >= 11 is 0. The average Bonchev–Trinajstić information content (AvgIpc) is 3.47. The van der Waals surface area contributed by atoms with Crippen LogP contribution in [0.4, 0.5) is 0 Å². The molecule has 0 aromatic rings. The van der Waals surface area contributed by atoms with E-state index >= 15 is 0 Å². The van der Waals surface area contributed by atoms with E-state index in [0.29, 0.717) is 19.3 Å². The van der Waals surface area contributed by atoms with Gasteiger partial charge in [0.2, 0.25) is 0 Å². The standard InChI is InChI=1S/C75H138O6/c1-4-7-10-13-16-19-22-24-26-28-30-31-32-33-34-35-36-37-38-39-40-41-42-43-45-46-48-50-53-56-59-62-65-68-74(77)80-71-72(70-79-73(76)67-64-61-58-55-52-21-18-15-12-9-6-3)81-75(78)69-66-63-60-57-54-51-49-47-44-29-27-25-23-20-17-14-11-8-5-2/h15,17-18,20,25,27-28,30,72H,4-14,16,19,21-24,26,29,31-71H2,1-3H3/b18-15-,20-17-,27-25-,30-28-. The van der Waals surface area contributed by atoms with Gasteiger partial charge in [0.1, 0.15) is 13.2 Å². The minimum Gasteiger partial charge on any atom is -0.462 e. The Morgan fingerprint density at radius 3 is 0.753 bits per heavy atom. The van der Waals surface area contributed by atoms with Gasteiger partial charge in [0.15, 0.2) is 6.10 Å². The van der Waals surface area contributed by atoms with E-state index in [9.17, 15) is 14.4 Å². The Hall–Kier alpha value is -2.63. The molecule has 0 amide bonds. The van der Waals surface area contributed by atoms with Crippen LogP contribution in [0.1, 0.15) is 393 Å². The lowest BCUT2D eigenvalue weighted by Crippen LogP contribution is -2.30. The number of unbranched alkanes of at least 4 members (excludes halogenated alkanes) is 48. The van der Waals surface area contributed by atoms with Gasteiger partial charge in [0.05, 0.1) is 0 Å². The third-order valence-corrected chi connectivity index (χ3v) is 16.3. The largest absolute Gasteiger partial charge is 0.462 e. The predicted octanol–water partition coefficient (Wildman–Crippen LogP) is 24.9. The minimum absolute atomic E-state index is 0.0735. The van der Waals surface area contributed by atoms with Crippen molar-refractivity contribution in [3.63, 3.8) is 0 Å². The van der Waals surface area contributed by atoms with E-state index in [0.717, 1.165) is 70.6 Å². The molecule has 1 atom stereocenters. The van der Waals surface area contributed by atoms with Crippen LogP contribution in [0.15, 0.2) is 48.6 Å². The predicted molar refractivity (Wildman–Crippen MR) is 353 cm³/mol. The van der Waals surface area contributed by atoms with Crippen LogP contribution in [0, 0.1) is 0 Å². The Balaban J connectivity index is 4.09. The molecule has 6 nitrogen and oxygen atoms in total. The second kappa shape index (κ2) is 69.9. The van der Waals surface area contributed by atoms with E-state index in [1.807, 2.05) is 0 Å². The lowest BCUT2D eigenvalue weighted by Gasteiger charge is -2.18. The molecule has 0 aliphatic rings. The summed E-state index contributed by atoms with van der Waals surface area (Å²) in [6.45, 7) is 6.62. The molecule has 0 rings (SSSR count). The van der Waals surface area contributed by atoms with Crippen LogP contribution in [0.25, 0.3) is 0 Å². The van der Waals surface area contributed by atoms with Gasteiger partial charge < -0.3 is 14.2 Å². The lowest BCUT2D eigenvalue weighted by molar-refractivity contribution is -0.167. The molecule has 0 bridgehead atoms. The van der Waals surface area contributed by atoms with E-state index in [-0.39, 0.29) is 31.1 Å². The molecule has 0 saturated carbocycles. The normalized spacial score (nSPS) is 12.3. The second-order valence-electron chi connectivity index (χ2n) is 24.5. The summed E-state index contributed by atoms with van der Waals surface area (Å²) in [6.07, 6.45) is 88.8. The zero-order chi connectivity index (χ0) is 58.5. The van der Waals surface area contributed by atoms with Gasteiger partial charge in [-0.2, -0.15) is 0 Å². The van der Waals surface area contributed by atoms with E-state index in [4.69, 9.17) is 14.2 Å². The van der Waals surface area contributed by atoms with Gasteiger partial charge in [-0.15, -0.1) is 0 Å². The summed E-state index contributed by atoms with van der Waals surface area (Å²) in [5.74, 6) is -0.865. The Kier molecular flexibility index (Phi) is 67.6. The number of ether oxygens (including phenoxy) is 3. The first kappa shape index (κ1) is 78.4. The fourth-order valence-electron chi connectivity index (χ4n) is 10.8. The van der Waals surface area contributed by atoms with Crippen LogP contribution in [-0.4, -0.2) is 37.2 Å². The van der Waals surface area contributed by atoms with Crippen molar-refractivity contribution in [2.45, 2.75) is 399 Å². The van der Waals surface area contributed by atoms with Crippen LogP contribution >= 0.6 is 0 Å². The van der Waals surface area contributed by atoms with Crippen LogP contribution in [-0.2, 0) is 28.6 Å². The van der Waals surface area contributed by atoms with Crippen molar-refractivity contribution < 1.29 is 28.6 Å². The molecule has 0 saturated heterocycles. The summed E-state index contributed by atoms with van der Waals surface area (Å²) in [6, 6.07) is 0. The first-order valence-electron chi connectivity index (χ1n) is 36.1. The molecule has 0 aromatic carbocycles. The van der Waals surface area contributed by atoms with Crippen molar-refractivity contribution >= 4 is 17.9 Å². The van der Waals surface area contributed by atoms with E-state index in [2.05, 4.69) is 69.4 Å². The van der Waals surface area contributed by atoms with E-state index in [1.54, 1.807) is 0 Å². The van der Waals surface area contributed by atoms with Gasteiger partial charge in [-0.25, -0.2) is 0 Å². The zero-order valence-corrected chi connectivity index (χ0v) is 54.6. The smallest absolute Gasteiger partial charge is 0.306 e. The van der Waals surface area contributed by atoms with Crippen LogP contribution in [0.3, 0.4) is 0 Å². The highest BCUT2D eigenvalue weighted by Gasteiger charge is 2.19. The summed E-state index contributed by atoms with van der Waals surface area (Å²) in [7, 11) is 0. The number of hydrogen-bond donors (Lipinski definition) is 0. The SMILES string of the molecule is CCCC/C=C\CCCCCCCC(=O)OCC(COC(=O)CCCCCCCCCCCCCCCCCCCCCCC/C=C\CCCCCCCCCC)OC(=O)CCCCCCCCCCC/C=C\C/C=C\CCCCC. The van der Waals surface area contributed by atoms with Crippen LogP contribution < -0.4 is 0 Å². The monoisotopic (exact) mass is 1140 g/mol. The summed E-state index contributed by atoms with van der Waals surface area (Å²) < 4.78 is 16.9. The number of carbonyl (C=O) groups is 3. The first-order valence-corrected chi connectivity index (χ1v) is 36.1. The fraction of sp³-hybridized carbons (Fsp3) is 0.853. The molecule has 0 N–H and O–H groups in total. The summed E-state index contributed by atoms with van der Waals surface area (Å²) in [4.78, 5) is 38.3. The van der Waals surface area contributed by atoms with Gasteiger partial charge in [-0.1, -0.05) is 326 Å². The maximum absolute atomic E-state index is 12.9. The highest BCUT2D eigenvalue weighted by Crippen LogP contribution is 2.18. The molecule has 0 aliphatic carbocycles. The molecular weight excluding hydrogens is 997 g/mol. The number of allylic oxidation sites excluding steroid dienone is 8. The summed E-state index contributed by atoms with van der Waals surface area (Å²) in [5.41, 5.74) is 0. The molecule has 0 aliphatic heterocycles.